The highest BCUT2D eigenvalue weighted by Gasteiger charge is 2.47. The molecule has 1 aromatic heterocycles. The zero-order valence-electron chi connectivity index (χ0n) is 20.9. The summed E-state index contributed by atoms with van der Waals surface area (Å²) < 4.78 is 48.7. The Morgan fingerprint density at radius 1 is 1.14 bits per heavy atom. The number of fused-ring (bicyclic) bond motifs is 3. The summed E-state index contributed by atoms with van der Waals surface area (Å²) in [6.07, 6.45) is -3.45. The average molecular weight is 501 g/mol. The zero-order chi connectivity index (χ0) is 26.3. The second kappa shape index (κ2) is 9.75. The first-order valence-electron chi connectivity index (χ1n) is 12.1. The van der Waals surface area contributed by atoms with Crippen LogP contribution in [0.4, 0.5) is 13.2 Å². The summed E-state index contributed by atoms with van der Waals surface area (Å²) in [5.74, 6) is -0.621. The SMILES string of the molecule is CC(C)CC(NC(c1ccc2c(c1)oc1ccc(CN(C)C)cc12)C(F)(F)F)C(=O)NC1(C#N)CC1. The smallest absolute Gasteiger partial charge is 0.407 e. The molecule has 1 aliphatic carbocycles. The van der Waals surface area contributed by atoms with E-state index in [0.29, 0.717) is 24.0 Å². The van der Waals surface area contributed by atoms with E-state index in [4.69, 9.17) is 4.42 Å². The van der Waals surface area contributed by atoms with Gasteiger partial charge in [0.1, 0.15) is 22.7 Å². The van der Waals surface area contributed by atoms with E-state index in [9.17, 15) is 23.2 Å². The fourth-order valence-corrected chi connectivity index (χ4v) is 4.50. The fourth-order valence-electron chi connectivity index (χ4n) is 4.50. The second-order valence-electron chi connectivity index (χ2n) is 10.4. The predicted molar refractivity (Wildman–Crippen MR) is 132 cm³/mol. The molecule has 0 aliphatic heterocycles. The van der Waals surface area contributed by atoms with Gasteiger partial charge in [0.2, 0.25) is 5.91 Å². The van der Waals surface area contributed by atoms with Crippen LogP contribution in [-0.2, 0) is 11.3 Å². The van der Waals surface area contributed by atoms with Crippen molar-refractivity contribution >= 4 is 27.8 Å². The van der Waals surface area contributed by atoms with Crippen molar-refractivity contribution in [2.75, 3.05) is 14.1 Å². The van der Waals surface area contributed by atoms with Crippen molar-refractivity contribution < 1.29 is 22.4 Å². The number of nitriles is 1. The van der Waals surface area contributed by atoms with E-state index >= 15 is 0 Å². The van der Waals surface area contributed by atoms with Crippen LogP contribution >= 0.6 is 0 Å². The number of benzene rings is 2. The van der Waals surface area contributed by atoms with Crippen LogP contribution < -0.4 is 10.6 Å². The van der Waals surface area contributed by atoms with Gasteiger partial charge >= 0.3 is 6.18 Å². The standard InChI is InChI=1S/C27H31F3N4O2/c1-16(2)11-21(25(35)33-26(15-31)9-10-26)32-24(27(28,29)30)18-6-7-19-20-12-17(14-34(3)4)5-8-22(20)36-23(19)13-18/h5-8,12-13,16,21,24,32H,9-11,14H2,1-4H3,(H,33,35). The van der Waals surface area contributed by atoms with Crippen LogP contribution in [0.15, 0.2) is 40.8 Å². The number of rotatable bonds is 9. The first-order valence-corrected chi connectivity index (χ1v) is 12.1. The molecule has 2 atom stereocenters. The molecule has 1 saturated carbocycles. The Bertz CT molecular complexity index is 1300. The van der Waals surface area contributed by atoms with E-state index in [1.807, 2.05) is 51.0 Å². The molecular formula is C27H31F3N4O2. The molecule has 1 amide bonds. The lowest BCUT2D eigenvalue weighted by Gasteiger charge is -2.29. The van der Waals surface area contributed by atoms with E-state index in [0.717, 1.165) is 22.9 Å². The van der Waals surface area contributed by atoms with Crippen molar-refractivity contribution in [2.24, 2.45) is 5.92 Å². The number of carbonyl (C=O) groups is 1. The maximum Gasteiger partial charge on any atom is 0.407 e. The summed E-state index contributed by atoms with van der Waals surface area (Å²) >= 11 is 0. The Balaban J connectivity index is 1.67. The van der Waals surface area contributed by atoms with E-state index < -0.39 is 29.7 Å². The molecule has 0 bridgehead atoms. The fraction of sp³-hybridized carbons (Fsp3) is 0.481. The number of nitrogens with zero attached hydrogens (tertiary/aromatic N) is 2. The molecule has 2 unspecified atom stereocenters. The van der Waals surface area contributed by atoms with Crippen LogP contribution in [0.25, 0.3) is 21.9 Å². The van der Waals surface area contributed by atoms with Gasteiger partial charge in [0.25, 0.3) is 0 Å². The number of furan rings is 1. The molecular weight excluding hydrogens is 469 g/mol. The number of alkyl halides is 3. The molecule has 1 aliphatic rings. The van der Waals surface area contributed by atoms with E-state index in [-0.39, 0.29) is 17.9 Å². The van der Waals surface area contributed by atoms with Gasteiger partial charge in [0, 0.05) is 17.3 Å². The summed E-state index contributed by atoms with van der Waals surface area (Å²) in [4.78, 5) is 14.9. The number of hydrogen-bond donors (Lipinski definition) is 2. The Labute approximate surface area is 208 Å². The third-order valence-electron chi connectivity index (χ3n) is 6.44. The van der Waals surface area contributed by atoms with Crippen molar-refractivity contribution in [1.29, 1.82) is 5.26 Å². The number of amides is 1. The molecule has 0 saturated heterocycles. The highest BCUT2D eigenvalue weighted by atomic mass is 19.4. The van der Waals surface area contributed by atoms with Gasteiger partial charge in [-0.1, -0.05) is 32.0 Å². The molecule has 4 rings (SSSR count). The van der Waals surface area contributed by atoms with Gasteiger partial charge in [-0.2, -0.15) is 18.4 Å². The lowest BCUT2D eigenvalue weighted by atomic mass is 9.98. The summed E-state index contributed by atoms with van der Waals surface area (Å²) in [5, 5.41) is 16.1. The van der Waals surface area contributed by atoms with Crippen LogP contribution in [0.3, 0.4) is 0 Å². The number of carbonyl (C=O) groups excluding carboxylic acids is 1. The van der Waals surface area contributed by atoms with Gasteiger partial charge in [-0.05, 0) is 68.6 Å². The van der Waals surface area contributed by atoms with Crippen molar-refractivity contribution in [3.05, 3.63) is 47.5 Å². The lowest BCUT2D eigenvalue weighted by molar-refractivity contribution is -0.161. The Kier molecular flexibility index (Phi) is 7.04. The zero-order valence-corrected chi connectivity index (χ0v) is 20.9. The summed E-state index contributed by atoms with van der Waals surface area (Å²) in [7, 11) is 3.93. The normalized spacial score (nSPS) is 16.9. The van der Waals surface area contributed by atoms with Crippen LogP contribution in [0.1, 0.15) is 50.3 Å². The summed E-state index contributed by atoms with van der Waals surface area (Å²) in [6.45, 7) is 4.41. The topological polar surface area (TPSA) is 81.3 Å². The number of hydrogen-bond acceptors (Lipinski definition) is 5. The molecule has 6 nitrogen and oxygen atoms in total. The quantitative estimate of drug-likeness (QED) is 0.410. The van der Waals surface area contributed by atoms with Gasteiger partial charge < -0.3 is 14.6 Å². The highest BCUT2D eigenvalue weighted by molar-refractivity contribution is 6.05. The second-order valence-corrected chi connectivity index (χ2v) is 10.4. The van der Waals surface area contributed by atoms with Crippen LogP contribution in [0, 0.1) is 17.2 Å². The van der Waals surface area contributed by atoms with Crippen molar-refractivity contribution in [1.82, 2.24) is 15.5 Å². The minimum atomic E-state index is -4.65. The van der Waals surface area contributed by atoms with Gasteiger partial charge in [-0.3, -0.25) is 10.1 Å². The van der Waals surface area contributed by atoms with Crippen molar-refractivity contribution in [3.8, 4) is 6.07 Å². The Morgan fingerprint density at radius 2 is 1.86 bits per heavy atom. The molecule has 1 fully saturated rings. The molecule has 0 radical (unpaired) electrons. The third-order valence-corrected chi connectivity index (χ3v) is 6.44. The summed E-state index contributed by atoms with van der Waals surface area (Å²) in [6, 6.07) is 9.11. The largest absolute Gasteiger partial charge is 0.456 e. The first kappa shape index (κ1) is 26.0. The summed E-state index contributed by atoms with van der Waals surface area (Å²) in [5.41, 5.74) is 1.03. The molecule has 2 aromatic carbocycles. The maximum absolute atomic E-state index is 14.3. The molecule has 1 heterocycles. The Morgan fingerprint density at radius 3 is 2.44 bits per heavy atom. The Hall–Kier alpha value is -3.09. The molecule has 2 N–H and O–H groups in total. The van der Waals surface area contributed by atoms with Gasteiger partial charge in [0.15, 0.2) is 0 Å². The lowest BCUT2D eigenvalue weighted by Crippen LogP contribution is -2.52. The molecule has 3 aromatic rings. The number of halogens is 3. The maximum atomic E-state index is 14.3. The van der Waals surface area contributed by atoms with Crippen LogP contribution in [0.5, 0.6) is 0 Å². The van der Waals surface area contributed by atoms with Crippen LogP contribution in [-0.4, -0.2) is 42.7 Å². The van der Waals surface area contributed by atoms with Gasteiger partial charge in [0.05, 0.1) is 12.1 Å². The van der Waals surface area contributed by atoms with Gasteiger partial charge in [-0.25, -0.2) is 0 Å². The van der Waals surface area contributed by atoms with E-state index in [1.54, 1.807) is 6.07 Å². The minimum absolute atomic E-state index is 0.0337. The van der Waals surface area contributed by atoms with Crippen molar-refractivity contribution in [3.63, 3.8) is 0 Å². The molecule has 192 valence electrons. The molecule has 36 heavy (non-hydrogen) atoms. The predicted octanol–water partition coefficient (Wildman–Crippen LogP) is 5.43. The molecule has 0 spiro atoms. The van der Waals surface area contributed by atoms with Gasteiger partial charge in [-0.15, -0.1) is 0 Å². The van der Waals surface area contributed by atoms with Crippen LogP contribution in [0.2, 0.25) is 0 Å². The van der Waals surface area contributed by atoms with E-state index in [2.05, 4.69) is 16.7 Å². The third kappa shape index (κ3) is 5.66. The average Bonchev–Trinajstić information content (AvgIpc) is 3.46. The highest BCUT2D eigenvalue weighted by Crippen LogP contribution is 2.38. The minimum Gasteiger partial charge on any atom is -0.456 e. The van der Waals surface area contributed by atoms with E-state index in [1.165, 1.54) is 12.1 Å². The monoisotopic (exact) mass is 500 g/mol. The molecule has 9 heteroatoms. The first-order chi connectivity index (χ1) is 16.9. The number of nitrogens with one attached hydrogen (secondary N) is 2. The van der Waals surface area contributed by atoms with Crippen molar-refractivity contribution in [2.45, 2.75) is 63.5 Å².